The van der Waals surface area contributed by atoms with E-state index in [4.69, 9.17) is 11.6 Å². The predicted octanol–water partition coefficient (Wildman–Crippen LogP) is 1.80. The minimum absolute atomic E-state index is 0.405. The van der Waals surface area contributed by atoms with Crippen LogP contribution >= 0.6 is 11.6 Å². The summed E-state index contributed by atoms with van der Waals surface area (Å²) in [5, 5.41) is 17.3. The van der Waals surface area contributed by atoms with Gasteiger partial charge in [-0.25, -0.2) is 0 Å². The molecule has 3 aromatic rings. The Balaban J connectivity index is 2.35. The summed E-state index contributed by atoms with van der Waals surface area (Å²) in [6, 6.07) is 3.48. The van der Waals surface area contributed by atoms with Crippen molar-refractivity contribution in [2.75, 3.05) is 0 Å². The first-order valence-electron chi connectivity index (χ1n) is 5.46. The van der Waals surface area contributed by atoms with Gasteiger partial charge in [0, 0.05) is 12.7 Å². The summed E-state index contributed by atoms with van der Waals surface area (Å²) < 4.78 is 3.45. The summed E-state index contributed by atoms with van der Waals surface area (Å²) in [5.74, 6) is 0.663. The molecule has 0 aliphatic heterocycles. The van der Waals surface area contributed by atoms with Gasteiger partial charge in [0.2, 0.25) is 0 Å². The highest BCUT2D eigenvalue weighted by Gasteiger charge is 2.18. The van der Waals surface area contributed by atoms with Gasteiger partial charge in [-0.1, -0.05) is 11.6 Å². The maximum Gasteiger partial charge on any atom is 0.189 e. The Morgan fingerprint density at radius 1 is 1.11 bits per heavy atom. The molecule has 0 atom stereocenters. The highest BCUT2D eigenvalue weighted by Crippen LogP contribution is 2.25. The second-order valence-electron chi connectivity index (χ2n) is 4.12. The van der Waals surface area contributed by atoms with E-state index >= 15 is 0 Å². The molecule has 0 unspecified atom stereocenters. The van der Waals surface area contributed by atoms with E-state index in [0.29, 0.717) is 16.6 Å². The molecule has 0 N–H and O–H groups in total. The average Bonchev–Trinajstić information content (AvgIpc) is 2.82. The lowest BCUT2D eigenvalue weighted by molar-refractivity contribution is 0.731. The monoisotopic (exact) mass is 262 g/mol. The van der Waals surface area contributed by atoms with Gasteiger partial charge in [0.25, 0.3) is 0 Å². The van der Waals surface area contributed by atoms with Crippen LogP contribution in [0.25, 0.3) is 17.0 Å². The number of aryl methyl sites for hydroxylation is 2. The molecule has 6 nitrogen and oxygen atoms in total. The first-order valence-corrected chi connectivity index (χ1v) is 5.84. The molecular formula is C11H11ClN6. The summed E-state index contributed by atoms with van der Waals surface area (Å²) in [6.07, 6.45) is 0. The predicted molar refractivity (Wildman–Crippen MR) is 67.5 cm³/mol. The quantitative estimate of drug-likeness (QED) is 0.671. The van der Waals surface area contributed by atoms with Crippen LogP contribution in [-0.2, 0) is 7.05 Å². The molecule has 3 aromatic heterocycles. The number of nitrogens with zero attached hydrogens (tertiary/aromatic N) is 6. The van der Waals surface area contributed by atoms with Crippen LogP contribution in [0.4, 0.5) is 0 Å². The third-order valence-electron chi connectivity index (χ3n) is 2.96. The van der Waals surface area contributed by atoms with Gasteiger partial charge >= 0.3 is 0 Å². The standard InChI is InChI=1S/C11H11ClN6/c1-6-10(7(2)17(3)15-6)11-14-13-9-5-4-8(12)16-18(9)11/h4-5H,1-3H3. The van der Waals surface area contributed by atoms with Gasteiger partial charge < -0.3 is 0 Å². The lowest BCUT2D eigenvalue weighted by atomic mass is 10.2. The number of aromatic nitrogens is 6. The fourth-order valence-electron chi connectivity index (χ4n) is 2.02. The van der Waals surface area contributed by atoms with E-state index in [1.807, 2.05) is 25.6 Å². The van der Waals surface area contributed by atoms with Gasteiger partial charge in [0.1, 0.15) is 5.15 Å². The zero-order chi connectivity index (χ0) is 12.9. The van der Waals surface area contributed by atoms with E-state index in [1.54, 1.807) is 16.6 Å². The first kappa shape index (κ1) is 11.2. The van der Waals surface area contributed by atoms with Gasteiger partial charge in [0.15, 0.2) is 11.5 Å². The Kier molecular flexibility index (Phi) is 2.34. The van der Waals surface area contributed by atoms with E-state index in [2.05, 4.69) is 20.4 Å². The average molecular weight is 263 g/mol. The third-order valence-corrected chi connectivity index (χ3v) is 3.16. The van der Waals surface area contributed by atoms with Gasteiger partial charge in [-0.3, -0.25) is 4.68 Å². The van der Waals surface area contributed by atoms with Crippen LogP contribution in [-0.4, -0.2) is 29.6 Å². The largest absolute Gasteiger partial charge is 0.272 e. The first-order chi connectivity index (χ1) is 8.58. The highest BCUT2D eigenvalue weighted by atomic mass is 35.5. The normalized spacial score (nSPS) is 11.3. The molecule has 0 fully saturated rings. The molecule has 0 aromatic carbocycles. The van der Waals surface area contributed by atoms with Crippen LogP contribution in [0.5, 0.6) is 0 Å². The number of fused-ring (bicyclic) bond motifs is 1. The van der Waals surface area contributed by atoms with Crippen molar-refractivity contribution < 1.29 is 0 Å². The molecule has 0 aliphatic carbocycles. The SMILES string of the molecule is Cc1nn(C)c(C)c1-c1nnc2ccc(Cl)nn12. The van der Waals surface area contributed by atoms with Crippen molar-refractivity contribution >= 4 is 17.2 Å². The lowest BCUT2D eigenvalue weighted by Crippen LogP contribution is -1.97. The van der Waals surface area contributed by atoms with Crippen LogP contribution < -0.4 is 0 Å². The summed E-state index contributed by atoms with van der Waals surface area (Å²) in [5.41, 5.74) is 3.52. The van der Waals surface area contributed by atoms with Gasteiger partial charge in [-0.15, -0.1) is 10.2 Å². The van der Waals surface area contributed by atoms with Gasteiger partial charge in [-0.2, -0.15) is 14.7 Å². The molecule has 3 rings (SSSR count). The van der Waals surface area contributed by atoms with Crippen LogP contribution in [0, 0.1) is 13.8 Å². The second-order valence-corrected chi connectivity index (χ2v) is 4.51. The fraction of sp³-hybridized carbons (Fsp3) is 0.273. The van der Waals surface area contributed by atoms with Crippen LogP contribution in [0.3, 0.4) is 0 Å². The molecule has 0 aliphatic rings. The van der Waals surface area contributed by atoms with Crippen molar-refractivity contribution in [2.24, 2.45) is 7.05 Å². The number of halogens is 1. The second kappa shape index (κ2) is 3.78. The summed E-state index contributed by atoms with van der Waals surface area (Å²) in [7, 11) is 1.90. The topological polar surface area (TPSA) is 60.9 Å². The fourth-order valence-corrected chi connectivity index (χ4v) is 2.16. The third kappa shape index (κ3) is 1.49. The maximum absolute atomic E-state index is 5.91. The smallest absolute Gasteiger partial charge is 0.189 e. The number of hydrogen-bond acceptors (Lipinski definition) is 4. The minimum atomic E-state index is 0.405. The van der Waals surface area contributed by atoms with Crippen molar-refractivity contribution in [3.8, 4) is 11.4 Å². The van der Waals surface area contributed by atoms with Crippen LogP contribution in [0.1, 0.15) is 11.4 Å². The summed E-state index contributed by atoms with van der Waals surface area (Å²) in [6.45, 7) is 3.93. The molecule has 0 saturated carbocycles. The van der Waals surface area contributed by atoms with E-state index in [9.17, 15) is 0 Å². The number of rotatable bonds is 1. The molecule has 7 heteroatoms. The van der Waals surface area contributed by atoms with Crippen molar-refractivity contribution in [1.82, 2.24) is 29.6 Å². The molecule has 0 radical (unpaired) electrons. The molecular weight excluding hydrogens is 252 g/mol. The molecule has 0 saturated heterocycles. The van der Waals surface area contributed by atoms with Crippen LogP contribution in [0.2, 0.25) is 5.15 Å². The van der Waals surface area contributed by atoms with Gasteiger partial charge in [0.05, 0.1) is 11.3 Å². The Morgan fingerprint density at radius 2 is 1.89 bits per heavy atom. The number of hydrogen-bond donors (Lipinski definition) is 0. The Bertz CT molecular complexity index is 741. The molecule has 0 spiro atoms. The van der Waals surface area contributed by atoms with Crippen molar-refractivity contribution in [2.45, 2.75) is 13.8 Å². The lowest BCUT2D eigenvalue weighted by Gasteiger charge is -2.00. The van der Waals surface area contributed by atoms with Crippen molar-refractivity contribution in [3.63, 3.8) is 0 Å². The summed E-state index contributed by atoms with van der Waals surface area (Å²) in [4.78, 5) is 0. The van der Waals surface area contributed by atoms with Crippen LogP contribution in [0.15, 0.2) is 12.1 Å². The Labute approximate surface area is 108 Å². The maximum atomic E-state index is 5.91. The van der Waals surface area contributed by atoms with Gasteiger partial charge in [-0.05, 0) is 26.0 Å². The van der Waals surface area contributed by atoms with E-state index in [-0.39, 0.29) is 0 Å². The van der Waals surface area contributed by atoms with E-state index in [1.165, 1.54) is 0 Å². The highest BCUT2D eigenvalue weighted by molar-refractivity contribution is 6.29. The summed E-state index contributed by atoms with van der Waals surface area (Å²) >= 11 is 5.91. The molecule has 18 heavy (non-hydrogen) atoms. The Hall–Kier alpha value is -1.95. The molecule has 92 valence electrons. The molecule has 0 bridgehead atoms. The van der Waals surface area contributed by atoms with Crippen molar-refractivity contribution in [1.29, 1.82) is 0 Å². The Morgan fingerprint density at radius 3 is 2.56 bits per heavy atom. The van der Waals surface area contributed by atoms with Crippen molar-refractivity contribution in [3.05, 3.63) is 28.7 Å². The minimum Gasteiger partial charge on any atom is -0.272 e. The molecule has 0 amide bonds. The molecule has 3 heterocycles. The van der Waals surface area contributed by atoms with E-state index in [0.717, 1.165) is 17.0 Å². The zero-order valence-electron chi connectivity index (χ0n) is 10.2. The van der Waals surface area contributed by atoms with E-state index < -0.39 is 0 Å². The zero-order valence-corrected chi connectivity index (χ0v) is 11.0.